The van der Waals surface area contributed by atoms with Crippen LogP contribution in [0.3, 0.4) is 0 Å². The summed E-state index contributed by atoms with van der Waals surface area (Å²) in [6.07, 6.45) is 5.25. The van der Waals surface area contributed by atoms with E-state index in [1.54, 1.807) is 19.1 Å². The average molecular weight is 409 g/mol. The predicted molar refractivity (Wildman–Crippen MR) is 112 cm³/mol. The summed E-state index contributed by atoms with van der Waals surface area (Å²) < 4.78 is 23.4. The number of aliphatic imine (C=N–C) groups is 1. The van der Waals surface area contributed by atoms with E-state index in [4.69, 9.17) is 0 Å². The molecule has 2 rings (SSSR count). The molecule has 0 aromatic heterocycles. The van der Waals surface area contributed by atoms with Gasteiger partial charge in [-0.1, -0.05) is 18.6 Å². The lowest BCUT2D eigenvalue weighted by atomic mass is 9.85. The molecule has 0 spiro atoms. The molecule has 1 aromatic rings. The van der Waals surface area contributed by atoms with Crippen LogP contribution in [0.2, 0.25) is 0 Å². The third-order valence-corrected chi connectivity index (χ3v) is 6.08. The Morgan fingerprint density at radius 2 is 1.89 bits per heavy atom. The lowest BCUT2D eigenvalue weighted by molar-refractivity contribution is -0.127. The van der Waals surface area contributed by atoms with Crippen molar-refractivity contribution < 1.29 is 13.2 Å². The van der Waals surface area contributed by atoms with Crippen molar-refractivity contribution in [1.29, 1.82) is 0 Å². The first-order valence-corrected chi connectivity index (χ1v) is 11.8. The van der Waals surface area contributed by atoms with Crippen molar-refractivity contribution in [2.75, 3.05) is 25.9 Å². The first-order chi connectivity index (χ1) is 13.3. The van der Waals surface area contributed by atoms with Gasteiger partial charge in [-0.3, -0.25) is 4.79 Å². The largest absolute Gasteiger partial charge is 0.357 e. The molecule has 28 heavy (non-hydrogen) atoms. The quantitative estimate of drug-likeness (QED) is 0.328. The molecule has 156 valence electrons. The van der Waals surface area contributed by atoms with Gasteiger partial charge >= 0.3 is 0 Å². The van der Waals surface area contributed by atoms with Crippen LogP contribution < -0.4 is 16.0 Å². The minimum Gasteiger partial charge on any atom is -0.357 e. The van der Waals surface area contributed by atoms with Gasteiger partial charge in [-0.15, -0.1) is 0 Å². The van der Waals surface area contributed by atoms with Crippen LogP contribution in [0.4, 0.5) is 0 Å². The Balaban J connectivity index is 1.81. The van der Waals surface area contributed by atoms with E-state index in [9.17, 15) is 13.2 Å². The van der Waals surface area contributed by atoms with Crippen molar-refractivity contribution in [1.82, 2.24) is 16.0 Å². The van der Waals surface area contributed by atoms with Crippen LogP contribution in [0.5, 0.6) is 0 Å². The van der Waals surface area contributed by atoms with Crippen LogP contribution in [-0.2, 0) is 21.2 Å². The highest BCUT2D eigenvalue weighted by atomic mass is 32.2. The second-order valence-corrected chi connectivity index (χ2v) is 9.25. The van der Waals surface area contributed by atoms with E-state index in [-0.39, 0.29) is 11.8 Å². The van der Waals surface area contributed by atoms with Gasteiger partial charge in [0.2, 0.25) is 5.91 Å². The van der Waals surface area contributed by atoms with Gasteiger partial charge < -0.3 is 16.0 Å². The van der Waals surface area contributed by atoms with Gasteiger partial charge in [-0.25, -0.2) is 13.4 Å². The molecular formula is C20H32N4O3S. The summed E-state index contributed by atoms with van der Waals surface area (Å²) in [6.45, 7) is 6.37. The van der Waals surface area contributed by atoms with E-state index in [2.05, 4.69) is 20.9 Å². The summed E-state index contributed by atoms with van der Waals surface area (Å²) in [5.74, 6) is 1.11. The number of hydrogen-bond donors (Lipinski definition) is 3. The van der Waals surface area contributed by atoms with E-state index >= 15 is 0 Å². The van der Waals surface area contributed by atoms with E-state index in [0.717, 1.165) is 36.9 Å². The molecule has 1 amide bonds. The van der Waals surface area contributed by atoms with Crippen LogP contribution in [0, 0.1) is 12.8 Å². The molecule has 3 N–H and O–H groups in total. The first-order valence-electron chi connectivity index (χ1n) is 9.90. The fourth-order valence-corrected chi connectivity index (χ4v) is 4.02. The minimum atomic E-state index is -3.21. The van der Waals surface area contributed by atoms with Crippen LogP contribution in [0.25, 0.3) is 0 Å². The number of amides is 1. The highest BCUT2D eigenvalue weighted by molar-refractivity contribution is 7.90. The second kappa shape index (κ2) is 10.5. The van der Waals surface area contributed by atoms with Crippen molar-refractivity contribution in [3.8, 4) is 0 Å². The number of rotatable bonds is 9. The second-order valence-electron chi connectivity index (χ2n) is 7.27. The zero-order valence-corrected chi connectivity index (χ0v) is 17.9. The molecule has 0 radical (unpaired) electrons. The molecule has 8 heteroatoms. The molecule has 1 saturated carbocycles. The van der Waals surface area contributed by atoms with E-state index in [1.165, 1.54) is 12.7 Å². The number of aryl methyl sites for hydroxylation is 1. The fourth-order valence-electron chi connectivity index (χ4n) is 3.06. The maximum absolute atomic E-state index is 11.8. The van der Waals surface area contributed by atoms with Gasteiger partial charge in [0.25, 0.3) is 0 Å². The molecule has 0 aliphatic heterocycles. The molecule has 1 aromatic carbocycles. The minimum absolute atomic E-state index is 0.180. The monoisotopic (exact) mass is 408 g/mol. The smallest absolute Gasteiger partial charge is 0.223 e. The zero-order valence-electron chi connectivity index (χ0n) is 17.0. The van der Waals surface area contributed by atoms with Crippen molar-refractivity contribution in [2.45, 2.75) is 51.0 Å². The highest BCUT2D eigenvalue weighted by Crippen LogP contribution is 2.26. The van der Waals surface area contributed by atoms with Gasteiger partial charge in [0.05, 0.1) is 11.4 Å². The van der Waals surface area contributed by atoms with Crippen LogP contribution >= 0.6 is 0 Å². The Labute approximate surface area is 168 Å². The molecular weight excluding hydrogens is 376 g/mol. The lowest BCUT2D eigenvalue weighted by Gasteiger charge is -2.24. The predicted octanol–water partition coefficient (Wildman–Crippen LogP) is 1.76. The summed E-state index contributed by atoms with van der Waals surface area (Å²) in [7, 11) is -3.21. The number of hydrogen-bond acceptors (Lipinski definition) is 4. The van der Waals surface area contributed by atoms with Gasteiger partial charge in [0, 0.05) is 31.8 Å². The summed E-state index contributed by atoms with van der Waals surface area (Å²) in [4.78, 5) is 16.7. The number of sulfone groups is 1. The van der Waals surface area contributed by atoms with Gasteiger partial charge in [-0.2, -0.15) is 0 Å². The van der Waals surface area contributed by atoms with Crippen LogP contribution in [0.15, 0.2) is 28.1 Å². The molecule has 1 aliphatic rings. The van der Waals surface area contributed by atoms with E-state index in [1.807, 2.05) is 13.0 Å². The molecule has 0 bridgehead atoms. The third kappa shape index (κ3) is 6.82. The van der Waals surface area contributed by atoms with Gasteiger partial charge in [0.1, 0.15) is 0 Å². The number of carbonyl (C=O) groups is 1. The maximum atomic E-state index is 11.8. The Morgan fingerprint density at radius 1 is 1.18 bits per heavy atom. The van der Waals surface area contributed by atoms with Crippen molar-refractivity contribution in [3.63, 3.8) is 0 Å². The normalized spacial score (nSPS) is 15.0. The fraction of sp³-hybridized carbons (Fsp3) is 0.600. The molecule has 0 atom stereocenters. The number of nitrogens with one attached hydrogen (secondary N) is 3. The molecule has 1 fully saturated rings. The highest BCUT2D eigenvalue weighted by Gasteiger charge is 2.24. The topological polar surface area (TPSA) is 99.7 Å². The summed E-state index contributed by atoms with van der Waals surface area (Å²) >= 11 is 0. The Hall–Kier alpha value is -2.09. The Bertz CT molecular complexity index is 802. The number of guanidine groups is 1. The molecule has 7 nitrogen and oxygen atoms in total. The Morgan fingerprint density at radius 3 is 2.46 bits per heavy atom. The van der Waals surface area contributed by atoms with Crippen molar-refractivity contribution in [2.24, 2.45) is 10.9 Å². The summed E-state index contributed by atoms with van der Waals surface area (Å²) in [6, 6.07) is 5.30. The van der Waals surface area contributed by atoms with E-state index < -0.39 is 9.84 Å². The zero-order chi connectivity index (χ0) is 20.6. The molecule has 0 saturated heterocycles. The Kier molecular flexibility index (Phi) is 8.29. The van der Waals surface area contributed by atoms with Crippen LogP contribution in [0.1, 0.15) is 43.7 Å². The number of carbonyl (C=O) groups excluding carboxylic acids is 1. The van der Waals surface area contributed by atoms with Gasteiger partial charge in [-0.05, 0) is 50.3 Å². The SMILES string of the molecule is CCNC(=NCc1ccc(S(C)(=O)=O)c(C)c1)NCCCNC(=O)C1CCC1. The molecule has 1 aliphatic carbocycles. The molecule has 0 heterocycles. The van der Waals surface area contributed by atoms with Gasteiger partial charge in [0.15, 0.2) is 15.8 Å². The average Bonchev–Trinajstić information content (AvgIpc) is 2.56. The number of nitrogens with zero attached hydrogens (tertiary/aromatic N) is 1. The van der Waals surface area contributed by atoms with Crippen LogP contribution in [-0.4, -0.2) is 46.2 Å². The molecule has 0 unspecified atom stereocenters. The summed E-state index contributed by atoms with van der Waals surface area (Å²) in [5.41, 5.74) is 1.69. The van der Waals surface area contributed by atoms with Crippen molar-refractivity contribution >= 4 is 21.7 Å². The lowest BCUT2D eigenvalue weighted by Crippen LogP contribution is -2.39. The van der Waals surface area contributed by atoms with E-state index in [0.29, 0.717) is 30.5 Å². The first kappa shape index (κ1) is 22.2. The third-order valence-electron chi connectivity index (χ3n) is 4.82. The van der Waals surface area contributed by atoms with Crippen molar-refractivity contribution in [3.05, 3.63) is 29.3 Å². The standard InChI is InChI=1S/C20H32N4O3S/c1-4-21-20(23-12-6-11-22-19(25)17-7-5-8-17)24-14-16-9-10-18(15(2)13-16)28(3,26)27/h9-10,13,17H,4-8,11-12,14H2,1-3H3,(H,22,25)(H2,21,23,24). The maximum Gasteiger partial charge on any atom is 0.223 e. The summed E-state index contributed by atoms with van der Waals surface area (Å²) in [5, 5.41) is 9.44. The number of benzene rings is 1.